The lowest BCUT2D eigenvalue weighted by Gasteiger charge is -2.20. The van der Waals surface area contributed by atoms with E-state index >= 15 is 0 Å². The van der Waals surface area contributed by atoms with Crippen LogP contribution in [0.1, 0.15) is 16.1 Å². The lowest BCUT2D eigenvalue weighted by Crippen LogP contribution is -2.22. The van der Waals surface area contributed by atoms with Crippen molar-refractivity contribution >= 4 is 39.2 Å². The predicted octanol–water partition coefficient (Wildman–Crippen LogP) is 4.70. The summed E-state index contributed by atoms with van der Waals surface area (Å²) in [5.74, 6) is -0.766. The van der Waals surface area contributed by atoms with E-state index in [9.17, 15) is 14.4 Å². The Bertz CT molecular complexity index is 1100. The normalized spacial score (nSPS) is 12.0. The lowest BCUT2D eigenvalue weighted by molar-refractivity contribution is -0.107. The minimum Gasteiger partial charge on any atom is -0.463 e. The Labute approximate surface area is 214 Å². The molecule has 0 radical (unpaired) electrons. The first kappa shape index (κ1) is 29.8. The summed E-state index contributed by atoms with van der Waals surface area (Å²) in [6.45, 7) is 14.3. The predicted molar refractivity (Wildman–Crippen MR) is 143 cm³/mol. The first-order chi connectivity index (χ1) is 16.9. The molecule has 0 saturated carbocycles. The number of ether oxygens (including phenoxy) is 5. The van der Waals surface area contributed by atoms with Gasteiger partial charge in [-0.25, -0.2) is 9.59 Å². The minimum absolute atomic E-state index is 0.000798. The largest absolute Gasteiger partial charge is 0.463 e. The third-order valence-corrected chi connectivity index (χ3v) is 8.70. The second-order valence-electron chi connectivity index (χ2n) is 10.9. The van der Waals surface area contributed by atoms with Gasteiger partial charge >= 0.3 is 11.6 Å². The molecule has 0 spiro atoms. The van der Waals surface area contributed by atoms with Crippen LogP contribution in [-0.4, -0.2) is 62.3 Å². The standard InChI is InChI=1S/C25H38O9Si2/c1-29-24(27)20-15-19-14-18(8-9-26)22(32-16-30-10-12-35(2,3)4)23(21(19)25(28)34-20)33-17-31-11-13-36(5,6)7/h9,14-15H,8,10-13,16-17H2,1-7H3. The molecule has 9 nitrogen and oxygen atoms in total. The van der Waals surface area contributed by atoms with Crippen LogP contribution in [0.15, 0.2) is 21.3 Å². The Morgan fingerprint density at radius 3 is 1.97 bits per heavy atom. The smallest absolute Gasteiger partial charge is 0.374 e. The van der Waals surface area contributed by atoms with Crippen molar-refractivity contribution in [3.8, 4) is 11.5 Å². The Balaban J connectivity index is 2.43. The van der Waals surface area contributed by atoms with E-state index < -0.39 is 27.7 Å². The number of hydrogen-bond donors (Lipinski definition) is 0. The quantitative estimate of drug-likeness (QED) is 0.105. The number of benzene rings is 1. The monoisotopic (exact) mass is 538 g/mol. The molecule has 0 amide bonds. The van der Waals surface area contributed by atoms with Crippen molar-refractivity contribution in [2.75, 3.05) is 33.9 Å². The molecule has 0 aliphatic rings. The summed E-state index contributed by atoms with van der Waals surface area (Å²) in [7, 11) is -1.38. The van der Waals surface area contributed by atoms with Crippen molar-refractivity contribution in [3.05, 3.63) is 33.9 Å². The van der Waals surface area contributed by atoms with Crippen LogP contribution in [0.2, 0.25) is 51.4 Å². The van der Waals surface area contributed by atoms with E-state index in [-0.39, 0.29) is 42.7 Å². The van der Waals surface area contributed by atoms with Gasteiger partial charge in [-0.15, -0.1) is 0 Å². The molecule has 0 saturated heterocycles. The molecule has 0 N–H and O–H groups in total. The molecule has 2 rings (SSSR count). The van der Waals surface area contributed by atoms with Crippen LogP contribution in [-0.2, 0) is 25.4 Å². The topological polar surface area (TPSA) is 111 Å². The Kier molecular flexibility index (Phi) is 10.9. The Morgan fingerprint density at radius 1 is 0.917 bits per heavy atom. The summed E-state index contributed by atoms with van der Waals surface area (Å²) in [5.41, 5.74) is -0.322. The van der Waals surface area contributed by atoms with Gasteiger partial charge in [0.05, 0.1) is 7.11 Å². The minimum atomic E-state index is -1.30. The van der Waals surface area contributed by atoms with E-state index in [0.29, 0.717) is 24.2 Å². The van der Waals surface area contributed by atoms with Crippen LogP contribution >= 0.6 is 0 Å². The summed E-state index contributed by atoms with van der Waals surface area (Å²) < 4.78 is 33.0. The molecule has 1 aromatic carbocycles. The number of carbonyl (C=O) groups excluding carboxylic acids is 2. The van der Waals surface area contributed by atoms with Crippen molar-refractivity contribution in [2.24, 2.45) is 0 Å². The van der Waals surface area contributed by atoms with Crippen LogP contribution in [0.5, 0.6) is 11.5 Å². The van der Waals surface area contributed by atoms with Crippen molar-refractivity contribution < 1.29 is 37.7 Å². The zero-order valence-electron chi connectivity index (χ0n) is 22.4. The van der Waals surface area contributed by atoms with Gasteiger partial charge in [-0.1, -0.05) is 39.3 Å². The van der Waals surface area contributed by atoms with Gasteiger partial charge in [-0.05, 0) is 29.6 Å². The molecule has 0 fully saturated rings. The molecule has 0 unspecified atom stereocenters. The van der Waals surface area contributed by atoms with Crippen LogP contribution in [0.3, 0.4) is 0 Å². The van der Waals surface area contributed by atoms with Crippen molar-refractivity contribution in [1.82, 2.24) is 0 Å². The van der Waals surface area contributed by atoms with Crippen LogP contribution in [0.4, 0.5) is 0 Å². The molecule has 1 aromatic heterocycles. The number of fused-ring (bicyclic) bond motifs is 1. The third-order valence-electron chi connectivity index (χ3n) is 5.29. The average Bonchev–Trinajstić information content (AvgIpc) is 2.77. The number of aldehydes is 1. The number of hydrogen-bond acceptors (Lipinski definition) is 9. The third kappa shape index (κ3) is 9.19. The fourth-order valence-corrected chi connectivity index (χ4v) is 4.69. The molecule has 11 heteroatoms. The van der Waals surface area contributed by atoms with Gasteiger partial charge in [0, 0.05) is 41.3 Å². The zero-order chi connectivity index (χ0) is 26.9. The van der Waals surface area contributed by atoms with Gasteiger partial charge in [0.15, 0.2) is 25.1 Å². The average molecular weight is 539 g/mol. The summed E-state index contributed by atoms with van der Waals surface area (Å²) in [6.07, 6.45) is 0.724. The van der Waals surface area contributed by atoms with Gasteiger partial charge in [-0.3, -0.25) is 0 Å². The van der Waals surface area contributed by atoms with Crippen molar-refractivity contribution in [3.63, 3.8) is 0 Å². The molecule has 2 aromatic rings. The maximum atomic E-state index is 12.9. The molecular formula is C25H38O9Si2. The van der Waals surface area contributed by atoms with E-state index in [0.717, 1.165) is 18.4 Å². The number of rotatable bonds is 15. The number of esters is 1. The fourth-order valence-electron chi connectivity index (χ4n) is 3.18. The van der Waals surface area contributed by atoms with Gasteiger partial charge < -0.3 is 32.9 Å². The first-order valence-electron chi connectivity index (χ1n) is 11.9. The lowest BCUT2D eigenvalue weighted by atomic mass is 10.0. The highest BCUT2D eigenvalue weighted by Gasteiger charge is 2.23. The zero-order valence-corrected chi connectivity index (χ0v) is 24.4. The van der Waals surface area contributed by atoms with Crippen LogP contribution < -0.4 is 15.1 Å². The molecule has 1 heterocycles. The van der Waals surface area contributed by atoms with E-state index in [1.165, 1.54) is 13.2 Å². The van der Waals surface area contributed by atoms with Crippen LogP contribution in [0.25, 0.3) is 10.8 Å². The fraction of sp³-hybridized carbons (Fsp3) is 0.560. The molecule has 0 atom stereocenters. The molecular weight excluding hydrogens is 500 g/mol. The summed E-state index contributed by atoms with van der Waals surface area (Å²) >= 11 is 0. The van der Waals surface area contributed by atoms with Gasteiger partial charge in [0.25, 0.3) is 0 Å². The molecule has 36 heavy (non-hydrogen) atoms. The Hall–Kier alpha value is -2.48. The van der Waals surface area contributed by atoms with Gasteiger partial charge in [-0.2, -0.15) is 0 Å². The highest BCUT2D eigenvalue weighted by atomic mass is 28.3. The molecule has 0 aliphatic heterocycles. The summed E-state index contributed by atoms with van der Waals surface area (Å²) in [6, 6.07) is 4.89. The molecule has 200 valence electrons. The number of carbonyl (C=O) groups is 2. The summed E-state index contributed by atoms with van der Waals surface area (Å²) in [4.78, 5) is 36.3. The maximum Gasteiger partial charge on any atom is 0.374 e. The number of methoxy groups -OCH3 is 1. The highest BCUT2D eigenvalue weighted by Crippen LogP contribution is 2.38. The maximum absolute atomic E-state index is 12.9. The summed E-state index contributed by atoms with van der Waals surface area (Å²) in [5, 5.41) is 0.427. The second-order valence-corrected chi connectivity index (χ2v) is 22.1. The molecule has 0 aliphatic carbocycles. The van der Waals surface area contributed by atoms with E-state index in [1.807, 2.05) is 0 Å². The van der Waals surface area contributed by atoms with Gasteiger partial charge in [0.2, 0.25) is 5.76 Å². The van der Waals surface area contributed by atoms with E-state index in [2.05, 4.69) is 44.0 Å². The van der Waals surface area contributed by atoms with Crippen molar-refractivity contribution in [1.29, 1.82) is 0 Å². The van der Waals surface area contributed by atoms with Gasteiger partial charge in [0.1, 0.15) is 11.7 Å². The van der Waals surface area contributed by atoms with Crippen molar-refractivity contribution in [2.45, 2.75) is 57.8 Å². The second kappa shape index (κ2) is 13.2. The van der Waals surface area contributed by atoms with E-state index in [4.69, 9.17) is 23.4 Å². The molecule has 0 bridgehead atoms. The van der Waals surface area contributed by atoms with E-state index in [1.54, 1.807) is 6.07 Å². The highest BCUT2D eigenvalue weighted by molar-refractivity contribution is 6.76. The first-order valence-corrected chi connectivity index (χ1v) is 19.3. The SMILES string of the molecule is COC(=O)c1cc2cc(CC=O)c(OCOCC[Si](C)(C)C)c(OCOCC[Si](C)(C)C)c2c(=O)o1. The van der Waals surface area contributed by atoms with Crippen LogP contribution in [0, 0.1) is 0 Å². The Morgan fingerprint density at radius 2 is 1.47 bits per heavy atom.